The summed E-state index contributed by atoms with van der Waals surface area (Å²) in [5, 5.41) is 6.03. The molecule has 0 unspecified atom stereocenters. The van der Waals surface area contributed by atoms with Gasteiger partial charge in [0.25, 0.3) is 0 Å². The first-order chi connectivity index (χ1) is 9.58. The van der Waals surface area contributed by atoms with Gasteiger partial charge in [-0.25, -0.2) is 0 Å². The van der Waals surface area contributed by atoms with Gasteiger partial charge in [0.2, 0.25) is 11.8 Å². The Bertz CT molecular complexity index is 475. The highest BCUT2D eigenvalue weighted by Crippen LogP contribution is 2.23. The van der Waals surface area contributed by atoms with Crippen molar-refractivity contribution in [1.29, 1.82) is 0 Å². The molecule has 2 amide bonds. The molecule has 1 aromatic rings. The van der Waals surface area contributed by atoms with Crippen LogP contribution in [0.4, 0.5) is 0 Å². The van der Waals surface area contributed by atoms with E-state index in [1.807, 2.05) is 30.3 Å². The number of hydrogen-bond donors (Lipinski definition) is 3. The van der Waals surface area contributed by atoms with Crippen LogP contribution >= 0.6 is 0 Å². The Kier molecular flexibility index (Phi) is 4.74. The minimum atomic E-state index is -0.501. The van der Waals surface area contributed by atoms with Crippen molar-refractivity contribution in [3.05, 3.63) is 35.9 Å². The van der Waals surface area contributed by atoms with Gasteiger partial charge in [0, 0.05) is 0 Å². The maximum absolute atomic E-state index is 12.2. The predicted octanol–water partition coefficient (Wildman–Crippen LogP) is 0.860. The smallest absolute Gasteiger partial charge is 0.237 e. The lowest BCUT2D eigenvalue weighted by atomic mass is 10.0. The van der Waals surface area contributed by atoms with Crippen LogP contribution in [0.3, 0.4) is 0 Å². The molecule has 0 aromatic heterocycles. The lowest BCUT2D eigenvalue weighted by molar-refractivity contribution is -0.124. The van der Waals surface area contributed by atoms with E-state index in [4.69, 9.17) is 5.73 Å². The molecule has 0 spiro atoms. The second kappa shape index (κ2) is 6.52. The topological polar surface area (TPSA) is 84.2 Å². The maximum Gasteiger partial charge on any atom is 0.237 e. The molecule has 1 aliphatic rings. The summed E-state index contributed by atoms with van der Waals surface area (Å²) in [4.78, 5) is 23.3. The lowest BCUT2D eigenvalue weighted by Gasteiger charge is -2.20. The first kappa shape index (κ1) is 14.5. The van der Waals surface area contributed by atoms with Crippen LogP contribution in [0.5, 0.6) is 0 Å². The molecule has 1 aliphatic heterocycles. The fourth-order valence-corrected chi connectivity index (χ4v) is 2.48. The Morgan fingerprint density at radius 2 is 2.05 bits per heavy atom. The molecule has 108 valence electrons. The molecule has 0 aliphatic carbocycles. The number of nitrogens with one attached hydrogen (secondary N) is 2. The zero-order chi connectivity index (χ0) is 14.5. The lowest BCUT2D eigenvalue weighted by Crippen LogP contribution is -2.50. The van der Waals surface area contributed by atoms with Gasteiger partial charge >= 0.3 is 0 Å². The largest absolute Gasteiger partial charge is 0.368 e. The van der Waals surface area contributed by atoms with Gasteiger partial charge in [-0.15, -0.1) is 0 Å². The molecule has 1 heterocycles. The summed E-state index contributed by atoms with van der Waals surface area (Å²) >= 11 is 0. The van der Waals surface area contributed by atoms with Gasteiger partial charge in [-0.3, -0.25) is 14.9 Å². The number of primary amides is 1. The summed E-state index contributed by atoms with van der Waals surface area (Å²) in [5.74, 6) is -0.508. The highest BCUT2D eigenvalue weighted by molar-refractivity contribution is 5.84. The van der Waals surface area contributed by atoms with Gasteiger partial charge in [0.15, 0.2) is 0 Å². The van der Waals surface area contributed by atoms with Gasteiger partial charge in [0.05, 0.1) is 18.1 Å². The van der Waals surface area contributed by atoms with Crippen molar-refractivity contribution in [3.63, 3.8) is 0 Å². The Labute approximate surface area is 118 Å². The second-order valence-electron chi connectivity index (χ2n) is 5.25. The van der Waals surface area contributed by atoms with E-state index in [0.717, 1.165) is 18.4 Å². The van der Waals surface area contributed by atoms with Crippen molar-refractivity contribution in [2.24, 2.45) is 5.73 Å². The summed E-state index contributed by atoms with van der Waals surface area (Å²) in [6, 6.07) is 9.12. The first-order valence-corrected chi connectivity index (χ1v) is 6.98. The number of amides is 2. The third kappa shape index (κ3) is 3.57. The van der Waals surface area contributed by atoms with Gasteiger partial charge < -0.3 is 11.1 Å². The molecule has 4 N–H and O–H groups in total. The molecular formula is C15H21N3O2. The number of carbonyl (C=O) groups is 2. The molecule has 0 bridgehead atoms. The minimum absolute atomic E-state index is 0.0411. The number of rotatable bonds is 4. The van der Waals surface area contributed by atoms with Crippen LogP contribution < -0.4 is 16.4 Å². The molecule has 0 saturated carbocycles. The fraction of sp³-hybridized carbons (Fsp3) is 0.467. The van der Waals surface area contributed by atoms with E-state index in [9.17, 15) is 9.59 Å². The zero-order valence-electron chi connectivity index (χ0n) is 11.6. The number of nitrogens with two attached hydrogens (primary N) is 1. The third-order valence-electron chi connectivity index (χ3n) is 3.70. The molecule has 1 aromatic carbocycles. The van der Waals surface area contributed by atoms with Crippen molar-refractivity contribution in [1.82, 2.24) is 10.6 Å². The highest BCUT2D eigenvalue weighted by atomic mass is 16.2. The van der Waals surface area contributed by atoms with E-state index in [-0.39, 0.29) is 18.0 Å². The highest BCUT2D eigenvalue weighted by Gasteiger charge is 2.27. The Balaban J connectivity index is 2.02. The minimum Gasteiger partial charge on any atom is -0.368 e. The first-order valence-electron chi connectivity index (χ1n) is 6.98. The van der Waals surface area contributed by atoms with Crippen molar-refractivity contribution in [2.45, 2.75) is 44.3 Å². The van der Waals surface area contributed by atoms with Crippen LogP contribution in [0.1, 0.15) is 37.8 Å². The van der Waals surface area contributed by atoms with E-state index < -0.39 is 11.9 Å². The Morgan fingerprint density at radius 3 is 2.70 bits per heavy atom. The predicted molar refractivity (Wildman–Crippen MR) is 76.8 cm³/mol. The van der Waals surface area contributed by atoms with E-state index >= 15 is 0 Å². The summed E-state index contributed by atoms with van der Waals surface area (Å²) < 4.78 is 0. The summed E-state index contributed by atoms with van der Waals surface area (Å²) in [6.07, 6.45) is 2.53. The molecule has 1 saturated heterocycles. The van der Waals surface area contributed by atoms with Gasteiger partial charge in [-0.2, -0.15) is 0 Å². The molecule has 0 radical (unpaired) electrons. The molecule has 20 heavy (non-hydrogen) atoms. The number of carbonyl (C=O) groups excluding carboxylic acids is 2. The fourth-order valence-electron chi connectivity index (χ4n) is 2.48. The van der Waals surface area contributed by atoms with Crippen LogP contribution in [-0.2, 0) is 9.59 Å². The van der Waals surface area contributed by atoms with Crippen LogP contribution in [0.15, 0.2) is 30.3 Å². The second-order valence-corrected chi connectivity index (χ2v) is 5.25. The number of benzene rings is 1. The van der Waals surface area contributed by atoms with E-state index in [0.29, 0.717) is 6.42 Å². The molecule has 1 fully saturated rings. The van der Waals surface area contributed by atoms with Crippen molar-refractivity contribution in [2.75, 3.05) is 0 Å². The molecule has 5 nitrogen and oxygen atoms in total. The summed E-state index contributed by atoms with van der Waals surface area (Å²) in [6.45, 7) is 1.68. The van der Waals surface area contributed by atoms with Crippen molar-refractivity contribution >= 4 is 11.8 Å². The van der Waals surface area contributed by atoms with Crippen LogP contribution in [0.2, 0.25) is 0 Å². The SMILES string of the molecule is C[C@H](N[C@H]1CCC[C@H](c2ccccc2)NC1=O)C(N)=O. The van der Waals surface area contributed by atoms with Crippen molar-refractivity contribution < 1.29 is 9.59 Å². The average molecular weight is 275 g/mol. The van der Waals surface area contributed by atoms with Crippen LogP contribution in [-0.4, -0.2) is 23.9 Å². The van der Waals surface area contributed by atoms with E-state index in [2.05, 4.69) is 10.6 Å². The van der Waals surface area contributed by atoms with Crippen LogP contribution in [0.25, 0.3) is 0 Å². The van der Waals surface area contributed by atoms with Crippen LogP contribution in [0, 0.1) is 0 Å². The molecular weight excluding hydrogens is 254 g/mol. The molecule has 2 rings (SSSR count). The van der Waals surface area contributed by atoms with E-state index in [1.165, 1.54) is 0 Å². The zero-order valence-corrected chi connectivity index (χ0v) is 11.6. The average Bonchev–Trinajstić information content (AvgIpc) is 2.62. The quantitative estimate of drug-likeness (QED) is 0.762. The van der Waals surface area contributed by atoms with Gasteiger partial charge in [0.1, 0.15) is 0 Å². The normalized spacial score (nSPS) is 24.6. The van der Waals surface area contributed by atoms with Gasteiger partial charge in [-0.05, 0) is 31.7 Å². The monoisotopic (exact) mass is 275 g/mol. The molecule has 5 heteroatoms. The maximum atomic E-state index is 12.2. The Hall–Kier alpha value is -1.88. The summed E-state index contributed by atoms with van der Waals surface area (Å²) in [7, 11) is 0. The van der Waals surface area contributed by atoms with E-state index in [1.54, 1.807) is 6.92 Å². The third-order valence-corrected chi connectivity index (χ3v) is 3.70. The summed E-state index contributed by atoms with van der Waals surface area (Å²) in [5.41, 5.74) is 6.34. The molecule has 3 atom stereocenters. The standard InChI is InChI=1S/C15H21N3O2/c1-10(14(16)19)17-13-9-5-8-12(18-15(13)20)11-6-3-2-4-7-11/h2-4,6-7,10,12-13,17H,5,8-9H2,1H3,(H2,16,19)(H,18,20)/t10-,12+,13-/m0/s1. The van der Waals surface area contributed by atoms with Gasteiger partial charge in [-0.1, -0.05) is 30.3 Å². The Morgan fingerprint density at radius 1 is 1.35 bits per heavy atom. The van der Waals surface area contributed by atoms with Crippen molar-refractivity contribution in [3.8, 4) is 0 Å². The number of hydrogen-bond acceptors (Lipinski definition) is 3.